The van der Waals surface area contributed by atoms with Crippen LogP contribution in [0.2, 0.25) is 0 Å². The van der Waals surface area contributed by atoms with E-state index >= 15 is 0 Å². The first-order valence-corrected chi connectivity index (χ1v) is 6.92. The lowest BCUT2D eigenvalue weighted by Crippen LogP contribution is -2.38. The molecule has 0 aromatic heterocycles. The minimum Gasteiger partial charge on any atom is -0.317 e. The predicted molar refractivity (Wildman–Crippen MR) is 65.1 cm³/mol. The Morgan fingerprint density at radius 2 is 1.33 bits per heavy atom. The molecule has 2 aliphatic rings. The zero-order valence-corrected chi connectivity index (χ0v) is 9.93. The van der Waals surface area contributed by atoms with Crippen molar-refractivity contribution in [2.75, 3.05) is 13.1 Å². The van der Waals surface area contributed by atoms with Gasteiger partial charge in [-0.25, -0.2) is 0 Å². The average Bonchev–Trinajstić information content (AvgIpc) is 2.63. The smallest absolute Gasteiger partial charge is 0.00822 e. The second-order valence-electron chi connectivity index (χ2n) is 5.23. The highest BCUT2D eigenvalue weighted by molar-refractivity contribution is 4.78. The lowest BCUT2D eigenvalue weighted by Gasteiger charge is -2.23. The van der Waals surface area contributed by atoms with Gasteiger partial charge in [0.15, 0.2) is 0 Å². The van der Waals surface area contributed by atoms with E-state index in [-0.39, 0.29) is 0 Å². The maximum absolute atomic E-state index is 3.90. The van der Waals surface area contributed by atoms with Crippen LogP contribution in [0.4, 0.5) is 0 Å². The Morgan fingerprint density at radius 3 is 2.13 bits per heavy atom. The minimum absolute atomic E-state index is 0.795. The Hall–Kier alpha value is -0.0800. The van der Waals surface area contributed by atoms with Crippen molar-refractivity contribution in [1.82, 2.24) is 10.6 Å². The van der Waals surface area contributed by atoms with Crippen molar-refractivity contribution in [2.24, 2.45) is 0 Å². The van der Waals surface area contributed by atoms with Gasteiger partial charge in [0.2, 0.25) is 0 Å². The summed E-state index contributed by atoms with van der Waals surface area (Å²) in [5.74, 6) is 0. The molecular weight excluding hydrogens is 184 g/mol. The normalized spacial score (nSPS) is 30.8. The van der Waals surface area contributed by atoms with Crippen LogP contribution in [-0.4, -0.2) is 25.2 Å². The molecule has 0 spiro atoms. The van der Waals surface area contributed by atoms with Gasteiger partial charge in [-0.05, 0) is 45.2 Å². The molecule has 1 aliphatic heterocycles. The second kappa shape index (κ2) is 6.49. The van der Waals surface area contributed by atoms with Gasteiger partial charge < -0.3 is 10.6 Å². The third kappa shape index (κ3) is 4.12. The van der Waals surface area contributed by atoms with E-state index in [4.69, 9.17) is 0 Å². The van der Waals surface area contributed by atoms with E-state index in [9.17, 15) is 0 Å². The molecule has 0 amide bonds. The van der Waals surface area contributed by atoms with Crippen molar-refractivity contribution in [3.8, 4) is 0 Å². The van der Waals surface area contributed by atoms with Crippen molar-refractivity contribution in [1.29, 1.82) is 0 Å². The quantitative estimate of drug-likeness (QED) is 0.684. The van der Waals surface area contributed by atoms with Crippen molar-refractivity contribution < 1.29 is 0 Å². The van der Waals surface area contributed by atoms with Gasteiger partial charge in [-0.15, -0.1) is 0 Å². The topological polar surface area (TPSA) is 24.1 Å². The van der Waals surface area contributed by atoms with Crippen LogP contribution >= 0.6 is 0 Å². The van der Waals surface area contributed by atoms with Crippen LogP contribution < -0.4 is 10.6 Å². The molecule has 0 radical (unpaired) electrons. The van der Waals surface area contributed by atoms with E-state index in [1.54, 1.807) is 0 Å². The van der Waals surface area contributed by atoms with E-state index in [1.165, 1.54) is 70.9 Å². The van der Waals surface area contributed by atoms with Gasteiger partial charge in [0.05, 0.1) is 0 Å². The molecular formula is C13H26N2. The van der Waals surface area contributed by atoms with Crippen LogP contribution in [0.3, 0.4) is 0 Å². The third-order valence-electron chi connectivity index (χ3n) is 3.90. The molecule has 2 heteroatoms. The summed E-state index contributed by atoms with van der Waals surface area (Å²) in [6, 6.07) is 1.62. The van der Waals surface area contributed by atoms with Crippen molar-refractivity contribution in [3.63, 3.8) is 0 Å². The monoisotopic (exact) mass is 210 g/mol. The summed E-state index contributed by atoms with van der Waals surface area (Å²) < 4.78 is 0. The van der Waals surface area contributed by atoms with E-state index in [0.29, 0.717) is 0 Å². The maximum atomic E-state index is 3.90. The molecule has 15 heavy (non-hydrogen) atoms. The first kappa shape index (κ1) is 11.4. The summed E-state index contributed by atoms with van der Waals surface area (Å²) in [4.78, 5) is 0. The van der Waals surface area contributed by atoms with Gasteiger partial charge in [-0.2, -0.15) is 0 Å². The molecule has 1 unspecified atom stereocenters. The number of rotatable bonds is 2. The average molecular weight is 210 g/mol. The summed E-state index contributed by atoms with van der Waals surface area (Å²) in [6.07, 6.45) is 12.7. The fourth-order valence-corrected chi connectivity index (χ4v) is 2.97. The molecule has 88 valence electrons. The predicted octanol–water partition coefficient (Wildman–Crippen LogP) is 2.44. The zero-order valence-electron chi connectivity index (χ0n) is 9.93. The van der Waals surface area contributed by atoms with Crippen molar-refractivity contribution in [2.45, 2.75) is 69.9 Å². The summed E-state index contributed by atoms with van der Waals surface area (Å²) in [6.45, 7) is 2.44. The van der Waals surface area contributed by atoms with E-state index in [2.05, 4.69) is 10.6 Å². The Balaban J connectivity index is 1.73. The van der Waals surface area contributed by atoms with Crippen molar-refractivity contribution >= 4 is 0 Å². The van der Waals surface area contributed by atoms with Gasteiger partial charge in [-0.3, -0.25) is 0 Å². The van der Waals surface area contributed by atoms with E-state index in [0.717, 1.165) is 12.1 Å². The van der Waals surface area contributed by atoms with Crippen molar-refractivity contribution in [3.05, 3.63) is 0 Å². The molecule has 1 saturated carbocycles. The Morgan fingerprint density at radius 1 is 0.667 bits per heavy atom. The Labute approximate surface area is 94.2 Å². The van der Waals surface area contributed by atoms with Gasteiger partial charge >= 0.3 is 0 Å². The molecule has 0 aromatic rings. The van der Waals surface area contributed by atoms with Crippen LogP contribution in [-0.2, 0) is 0 Å². The highest BCUT2D eigenvalue weighted by Crippen LogP contribution is 2.19. The van der Waals surface area contributed by atoms with Gasteiger partial charge in [0.1, 0.15) is 0 Å². The highest BCUT2D eigenvalue weighted by atomic mass is 15.0. The summed E-state index contributed by atoms with van der Waals surface area (Å²) in [5.41, 5.74) is 0. The first-order valence-electron chi connectivity index (χ1n) is 6.92. The molecule has 1 heterocycles. The fraction of sp³-hybridized carbons (Fsp3) is 1.00. The molecule has 2 nitrogen and oxygen atoms in total. The SMILES string of the molecule is C1CCCC(NC2CCCNCC2)CC1. The fourth-order valence-electron chi connectivity index (χ4n) is 2.97. The molecule has 1 atom stereocenters. The summed E-state index contributed by atoms with van der Waals surface area (Å²) in [5, 5.41) is 7.38. The Bertz CT molecular complexity index is 136. The number of hydrogen-bond donors (Lipinski definition) is 2. The molecule has 0 aromatic carbocycles. The Kier molecular flexibility index (Phi) is 4.94. The van der Waals surface area contributed by atoms with Crippen LogP contribution in [0.15, 0.2) is 0 Å². The van der Waals surface area contributed by atoms with E-state index < -0.39 is 0 Å². The highest BCUT2D eigenvalue weighted by Gasteiger charge is 2.17. The minimum atomic E-state index is 0.795. The van der Waals surface area contributed by atoms with Crippen LogP contribution in [0.25, 0.3) is 0 Å². The number of hydrogen-bond acceptors (Lipinski definition) is 2. The van der Waals surface area contributed by atoms with E-state index in [1.807, 2.05) is 0 Å². The molecule has 2 rings (SSSR count). The zero-order chi connectivity index (χ0) is 10.3. The summed E-state index contributed by atoms with van der Waals surface area (Å²) >= 11 is 0. The van der Waals surface area contributed by atoms with Crippen LogP contribution in [0.1, 0.15) is 57.8 Å². The van der Waals surface area contributed by atoms with Gasteiger partial charge in [0, 0.05) is 12.1 Å². The van der Waals surface area contributed by atoms with Crippen LogP contribution in [0, 0.1) is 0 Å². The molecule has 1 aliphatic carbocycles. The van der Waals surface area contributed by atoms with Gasteiger partial charge in [0.25, 0.3) is 0 Å². The largest absolute Gasteiger partial charge is 0.317 e. The van der Waals surface area contributed by atoms with Crippen LogP contribution in [0.5, 0.6) is 0 Å². The standard InChI is InChI=1S/C13H26N2/c1-2-4-7-12(6-3-1)15-13-8-5-10-14-11-9-13/h12-15H,1-11H2. The molecule has 2 fully saturated rings. The molecule has 1 saturated heterocycles. The first-order chi connectivity index (χ1) is 7.45. The maximum Gasteiger partial charge on any atom is 0.00822 e. The second-order valence-corrected chi connectivity index (χ2v) is 5.23. The lowest BCUT2D eigenvalue weighted by molar-refractivity contribution is 0.371. The summed E-state index contributed by atoms with van der Waals surface area (Å²) in [7, 11) is 0. The molecule has 2 N–H and O–H groups in total. The molecule has 0 bridgehead atoms. The number of nitrogens with one attached hydrogen (secondary N) is 2. The van der Waals surface area contributed by atoms with Gasteiger partial charge in [-0.1, -0.05) is 25.7 Å². The third-order valence-corrected chi connectivity index (χ3v) is 3.90. The lowest BCUT2D eigenvalue weighted by atomic mass is 10.0.